The Morgan fingerprint density at radius 1 is 1.43 bits per heavy atom. The normalized spacial score (nSPS) is 20.9. The zero-order valence-corrected chi connectivity index (χ0v) is 13.5. The second-order valence-electron chi connectivity index (χ2n) is 5.70. The third kappa shape index (κ3) is 3.82. The zero-order chi connectivity index (χ0) is 15.6. The Bertz CT molecular complexity index is 609. The second-order valence-corrected chi connectivity index (χ2v) is 7.93. The molecule has 7 nitrogen and oxygen atoms in total. The van der Waals surface area contributed by atoms with Crippen molar-refractivity contribution in [3.8, 4) is 0 Å². The maximum Gasteiger partial charge on any atom is 0.272 e. The molecule has 0 saturated carbocycles. The minimum absolute atomic E-state index is 0.0595. The molecule has 0 bridgehead atoms. The number of aryl methyl sites for hydroxylation is 1. The fourth-order valence-electron chi connectivity index (χ4n) is 2.51. The molecule has 0 aliphatic carbocycles. The molecular weight excluding hydrogens is 292 g/mol. The van der Waals surface area contributed by atoms with Gasteiger partial charge in [-0.05, 0) is 26.6 Å². The number of aromatic nitrogens is 2. The highest BCUT2D eigenvalue weighted by molar-refractivity contribution is 7.91. The van der Waals surface area contributed by atoms with Crippen molar-refractivity contribution in [1.29, 1.82) is 0 Å². The first-order valence-electron chi connectivity index (χ1n) is 6.94. The molecule has 0 N–H and O–H groups in total. The summed E-state index contributed by atoms with van der Waals surface area (Å²) in [6.45, 7) is 1.21. The van der Waals surface area contributed by atoms with Crippen LogP contribution in [-0.2, 0) is 16.9 Å². The van der Waals surface area contributed by atoms with E-state index in [1.165, 1.54) is 4.68 Å². The molecule has 1 amide bonds. The summed E-state index contributed by atoms with van der Waals surface area (Å²) in [5, 5.41) is 4.01. The van der Waals surface area contributed by atoms with Crippen molar-refractivity contribution in [3.05, 3.63) is 18.0 Å². The number of amides is 1. The predicted molar refractivity (Wildman–Crippen MR) is 79.9 cm³/mol. The number of rotatable bonds is 5. The Labute approximate surface area is 125 Å². The fraction of sp³-hybridized carbons (Fsp3) is 0.692. The van der Waals surface area contributed by atoms with Gasteiger partial charge in [-0.3, -0.25) is 9.48 Å². The molecule has 1 aromatic rings. The smallest absolute Gasteiger partial charge is 0.272 e. The highest BCUT2D eigenvalue weighted by Crippen LogP contribution is 2.19. The van der Waals surface area contributed by atoms with E-state index in [1.54, 1.807) is 24.2 Å². The summed E-state index contributed by atoms with van der Waals surface area (Å²) in [6.07, 6.45) is 2.09. The van der Waals surface area contributed by atoms with Crippen molar-refractivity contribution in [2.24, 2.45) is 7.05 Å². The van der Waals surface area contributed by atoms with Gasteiger partial charge in [-0.1, -0.05) is 0 Å². The van der Waals surface area contributed by atoms with Crippen molar-refractivity contribution in [2.75, 3.05) is 38.7 Å². The van der Waals surface area contributed by atoms with Crippen LogP contribution in [0.15, 0.2) is 12.3 Å². The van der Waals surface area contributed by atoms with Crippen LogP contribution in [0, 0.1) is 0 Å². The van der Waals surface area contributed by atoms with Crippen LogP contribution in [0.3, 0.4) is 0 Å². The van der Waals surface area contributed by atoms with Crippen molar-refractivity contribution in [2.45, 2.75) is 12.5 Å². The van der Waals surface area contributed by atoms with Gasteiger partial charge in [-0.15, -0.1) is 0 Å². The van der Waals surface area contributed by atoms with Gasteiger partial charge in [0.25, 0.3) is 5.91 Å². The quantitative estimate of drug-likeness (QED) is 0.740. The summed E-state index contributed by atoms with van der Waals surface area (Å²) in [6, 6.07) is 1.42. The van der Waals surface area contributed by atoms with Crippen molar-refractivity contribution in [1.82, 2.24) is 19.6 Å². The molecule has 8 heteroatoms. The molecule has 118 valence electrons. The van der Waals surface area contributed by atoms with E-state index in [0.717, 1.165) is 0 Å². The Morgan fingerprint density at radius 2 is 2.14 bits per heavy atom. The Morgan fingerprint density at radius 3 is 2.62 bits per heavy atom. The van der Waals surface area contributed by atoms with Gasteiger partial charge in [0.15, 0.2) is 9.84 Å². The third-order valence-corrected chi connectivity index (χ3v) is 5.49. The molecular formula is C13H22N4O3S. The summed E-state index contributed by atoms with van der Waals surface area (Å²) < 4.78 is 24.9. The van der Waals surface area contributed by atoms with Gasteiger partial charge in [0, 0.05) is 32.4 Å². The molecule has 0 radical (unpaired) electrons. The van der Waals surface area contributed by atoms with E-state index in [0.29, 0.717) is 25.2 Å². The van der Waals surface area contributed by atoms with Crippen LogP contribution in [0.25, 0.3) is 0 Å². The molecule has 1 fully saturated rings. The minimum atomic E-state index is -3.02. The highest BCUT2D eigenvalue weighted by atomic mass is 32.2. The van der Waals surface area contributed by atoms with E-state index < -0.39 is 9.84 Å². The van der Waals surface area contributed by atoms with E-state index in [-0.39, 0.29) is 23.5 Å². The van der Waals surface area contributed by atoms with Crippen LogP contribution in [0.4, 0.5) is 0 Å². The van der Waals surface area contributed by atoms with Gasteiger partial charge in [-0.25, -0.2) is 8.42 Å². The highest BCUT2D eigenvalue weighted by Gasteiger charge is 2.35. The lowest BCUT2D eigenvalue weighted by atomic mass is 10.2. The van der Waals surface area contributed by atoms with Crippen LogP contribution < -0.4 is 0 Å². The fourth-order valence-corrected chi connectivity index (χ4v) is 4.24. The molecule has 2 heterocycles. The molecule has 0 aromatic carbocycles. The number of carbonyl (C=O) groups excluding carboxylic acids is 1. The van der Waals surface area contributed by atoms with Crippen molar-refractivity contribution < 1.29 is 13.2 Å². The molecule has 2 rings (SSSR count). The number of likely N-dealkylation sites (N-methyl/N-ethyl adjacent to an activating group) is 1. The van der Waals surface area contributed by atoms with Gasteiger partial charge in [0.2, 0.25) is 0 Å². The lowest BCUT2D eigenvalue weighted by Crippen LogP contribution is -2.45. The molecule has 1 aromatic heterocycles. The number of sulfone groups is 1. The topological polar surface area (TPSA) is 75.5 Å². The average Bonchev–Trinajstić information content (AvgIpc) is 2.95. The molecule has 1 atom stereocenters. The van der Waals surface area contributed by atoms with Crippen LogP contribution in [-0.4, -0.2) is 78.6 Å². The molecule has 1 aliphatic rings. The molecule has 1 saturated heterocycles. The first kappa shape index (κ1) is 16.0. The largest absolute Gasteiger partial charge is 0.332 e. The monoisotopic (exact) mass is 314 g/mol. The maximum atomic E-state index is 12.7. The summed E-state index contributed by atoms with van der Waals surface area (Å²) in [5.41, 5.74) is 0.484. The molecule has 1 aliphatic heterocycles. The van der Waals surface area contributed by atoms with Gasteiger partial charge in [0.1, 0.15) is 5.69 Å². The van der Waals surface area contributed by atoms with Gasteiger partial charge in [0.05, 0.1) is 11.5 Å². The van der Waals surface area contributed by atoms with E-state index in [4.69, 9.17) is 0 Å². The Hall–Kier alpha value is -1.41. The first-order valence-corrected chi connectivity index (χ1v) is 8.76. The lowest BCUT2D eigenvalue weighted by molar-refractivity contribution is 0.0672. The van der Waals surface area contributed by atoms with Gasteiger partial charge < -0.3 is 9.80 Å². The molecule has 1 unspecified atom stereocenters. The van der Waals surface area contributed by atoms with E-state index in [2.05, 4.69) is 5.10 Å². The minimum Gasteiger partial charge on any atom is -0.332 e. The van der Waals surface area contributed by atoms with Crippen LogP contribution >= 0.6 is 0 Å². The van der Waals surface area contributed by atoms with E-state index in [9.17, 15) is 13.2 Å². The van der Waals surface area contributed by atoms with Gasteiger partial charge in [-0.2, -0.15) is 5.10 Å². The van der Waals surface area contributed by atoms with Crippen LogP contribution in [0.5, 0.6) is 0 Å². The summed E-state index contributed by atoms with van der Waals surface area (Å²) in [4.78, 5) is 16.4. The third-order valence-electron chi connectivity index (χ3n) is 3.74. The first-order chi connectivity index (χ1) is 9.80. The molecule has 21 heavy (non-hydrogen) atoms. The average molecular weight is 314 g/mol. The summed E-state index contributed by atoms with van der Waals surface area (Å²) >= 11 is 0. The zero-order valence-electron chi connectivity index (χ0n) is 12.7. The van der Waals surface area contributed by atoms with Crippen molar-refractivity contribution in [3.63, 3.8) is 0 Å². The van der Waals surface area contributed by atoms with Crippen molar-refractivity contribution >= 4 is 15.7 Å². The van der Waals surface area contributed by atoms with E-state index in [1.807, 2.05) is 19.0 Å². The summed E-state index contributed by atoms with van der Waals surface area (Å²) in [7, 11) is 2.55. The Balaban J connectivity index is 2.20. The maximum absolute atomic E-state index is 12.7. The number of carbonyl (C=O) groups is 1. The number of nitrogens with zero attached hydrogens (tertiary/aromatic N) is 4. The Kier molecular flexibility index (Phi) is 4.67. The summed E-state index contributed by atoms with van der Waals surface area (Å²) in [5.74, 6) is 0.0673. The SMILES string of the molecule is CN(C)CCN(C(=O)c1ccnn1C)C1CCS(=O)(=O)C1. The number of hydrogen-bond acceptors (Lipinski definition) is 5. The van der Waals surface area contributed by atoms with Gasteiger partial charge >= 0.3 is 0 Å². The predicted octanol–water partition coefficient (Wildman–Crippen LogP) is -0.389. The standard InChI is InChI=1S/C13H22N4O3S/c1-15(2)7-8-17(11-5-9-21(19,20)10-11)13(18)12-4-6-14-16(12)3/h4,6,11H,5,7-10H2,1-3H3. The second kappa shape index (κ2) is 6.15. The lowest BCUT2D eigenvalue weighted by Gasteiger charge is -2.29. The number of hydrogen-bond donors (Lipinski definition) is 0. The van der Waals surface area contributed by atoms with Crippen LogP contribution in [0.2, 0.25) is 0 Å². The van der Waals surface area contributed by atoms with E-state index >= 15 is 0 Å². The molecule has 0 spiro atoms. The van der Waals surface area contributed by atoms with Crippen LogP contribution in [0.1, 0.15) is 16.9 Å².